The zero-order chi connectivity index (χ0) is 16.8. The van der Waals surface area contributed by atoms with Crippen LogP contribution in [0.3, 0.4) is 0 Å². The van der Waals surface area contributed by atoms with Gasteiger partial charge in [-0.2, -0.15) is 0 Å². The number of hydrogen-bond acceptors (Lipinski definition) is 3. The third-order valence-corrected chi connectivity index (χ3v) is 4.33. The smallest absolute Gasteiger partial charge is 0.333 e. The Morgan fingerprint density at radius 2 is 1.52 bits per heavy atom. The number of hydrogen-bond donors (Lipinski definition) is 1. The Morgan fingerprint density at radius 1 is 0.957 bits per heavy atom. The molecule has 3 heteroatoms. The van der Waals surface area contributed by atoms with Crippen LogP contribution < -0.4 is 0 Å². The Bertz CT molecular complexity index is 371. The maximum Gasteiger partial charge on any atom is 0.333 e. The Balaban J connectivity index is 1.83. The second-order valence-corrected chi connectivity index (χ2v) is 6.49. The highest BCUT2D eigenvalue weighted by Gasteiger charge is 2.22. The molecule has 0 bridgehead atoms. The monoisotopic (exact) mass is 322 g/mol. The predicted molar refractivity (Wildman–Crippen MR) is 95.0 cm³/mol. The average Bonchev–Trinajstić information content (AvgIpc) is 2.85. The molecule has 0 saturated carbocycles. The van der Waals surface area contributed by atoms with Crippen LogP contribution in [-0.2, 0) is 9.53 Å². The molecule has 0 aliphatic carbocycles. The minimum Gasteiger partial charge on any atom is -0.429 e. The summed E-state index contributed by atoms with van der Waals surface area (Å²) in [5, 5.41) is 9.44. The number of aliphatic hydroxyl groups excluding tert-OH is 1. The maximum atomic E-state index is 10.9. The van der Waals surface area contributed by atoms with Crippen LogP contribution in [-0.4, -0.2) is 17.4 Å². The zero-order valence-corrected chi connectivity index (χ0v) is 14.8. The van der Waals surface area contributed by atoms with E-state index >= 15 is 0 Å². The lowest BCUT2D eigenvalue weighted by molar-refractivity contribution is -0.151. The molecule has 1 aliphatic rings. The summed E-state index contributed by atoms with van der Waals surface area (Å²) in [6.45, 7) is 2.26. The van der Waals surface area contributed by atoms with E-state index in [0.717, 1.165) is 24.8 Å². The third kappa shape index (κ3) is 10.3. The molecule has 1 atom stereocenters. The summed E-state index contributed by atoms with van der Waals surface area (Å²) in [5.74, 6) is -0.414. The molecule has 0 spiro atoms. The third-order valence-electron chi connectivity index (χ3n) is 4.33. The largest absolute Gasteiger partial charge is 0.429 e. The molecule has 1 rings (SSSR count). The Labute approximate surface area is 141 Å². The van der Waals surface area contributed by atoms with Gasteiger partial charge in [0.2, 0.25) is 6.29 Å². The summed E-state index contributed by atoms with van der Waals surface area (Å²) in [6, 6.07) is 0. The van der Waals surface area contributed by atoms with Gasteiger partial charge < -0.3 is 9.84 Å². The predicted octanol–water partition coefficient (Wildman–Crippen LogP) is 5.44. The summed E-state index contributed by atoms with van der Waals surface area (Å²) in [6.07, 6.45) is 21.0. The van der Waals surface area contributed by atoms with Gasteiger partial charge in [0.25, 0.3) is 0 Å². The molecule has 1 N–H and O–H groups in total. The van der Waals surface area contributed by atoms with Crippen molar-refractivity contribution in [3.8, 4) is 0 Å². The molecule has 0 saturated heterocycles. The van der Waals surface area contributed by atoms with Crippen LogP contribution in [0.25, 0.3) is 0 Å². The highest BCUT2D eigenvalue weighted by molar-refractivity contribution is 5.85. The quantitative estimate of drug-likeness (QED) is 0.263. The number of allylic oxidation sites excluding steroid dienone is 2. The Hall–Kier alpha value is -1.09. The van der Waals surface area contributed by atoms with E-state index in [-0.39, 0.29) is 0 Å². The van der Waals surface area contributed by atoms with E-state index in [1.165, 1.54) is 70.3 Å². The van der Waals surface area contributed by atoms with Crippen LogP contribution in [0.1, 0.15) is 90.4 Å². The van der Waals surface area contributed by atoms with Gasteiger partial charge in [0.1, 0.15) is 0 Å². The normalized spacial score (nSPS) is 17.7. The van der Waals surface area contributed by atoms with Gasteiger partial charge in [0.15, 0.2) is 0 Å². The summed E-state index contributed by atoms with van der Waals surface area (Å²) < 4.78 is 4.66. The first-order valence-corrected chi connectivity index (χ1v) is 9.48. The maximum absolute atomic E-state index is 10.9. The molecule has 0 fully saturated rings. The van der Waals surface area contributed by atoms with E-state index in [1.54, 1.807) is 0 Å². The van der Waals surface area contributed by atoms with Crippen molar-refractivity contribution >= 4 is 5.97 Å². The second-order valence-electron chi connectivity index (χ2n) is 6.49. The summed E-state index contributed by atoms with van der Waals surface area (Å²) >= 11 is 0. The van der Waals surface area contributed by atoms with Gasteiger partial charge in [-0.1, -0.05) is 64.0 Å². The standard InChI is InChI=1S/C20H34O3/c1-2-3-4-5-6-7-8-9-10-11-12-13-14-15-16-18-17-19(21)23-20(18)22/h9-10,17,20,22H,2-8,11-16H2,1H3/b10-9-. The lowest BCUT2D eigenvalue weighted by atomic mass is 10.1. The van der Waals surface area contributed by atoms with Crippen molar-refractivity contribution in [2.45, 2.75) is 96.7 Å². The van der Waals surface area contributed by atoms with Crippen molar-refractivity contribution in [3.63, 3.8) is 0 Å². The molecule has 1 unspecified atom stereocenters. The number of esters is 1. The van der Waals surface area contributed by atoms with Crippen molar-refractivity contribution < 1.29 is 14.6 Å². The van der Waals surface area contributed by atoms with E-state index in [0.29, 0.717) is 0 Å². The molecule has 0 aromatic rings. The van der Waals surface area contributed by atoms with Crippen molar-refractivity contribution in [2.75, 3.05) is 0 Å². The molecular weight excluding hydrogens is 288 g/mol. The number of cyclic esters (lactones) is 1. The van der Waals surface area contributed by atoms with Crippen LogP contribution in [0.15, 0.2) is 23.8 Å². The van der Waals surface area contributed by atoms with Gasteiger partial charge in [0.05, 0.1) is 0 Å². The van der Waals surface area contributed by atoms with Gasteiger partial charge >= 0.3 is 5.97 Å². The van der Waals surface area contributed by atoms with E-state index in [4.69, 9.17) is 0 Å². The summed E-state index contributed by atoms with van der Waals surface area (Å²) in [5.41, 5.74) is 0.730. The first-order valence-electron chi connectivity index (χ1n) is 9.48. The number of carbonyl (C=O) groups is 1. The van der Waals surface area contributed by atoms with Gasteiger partial charge in [-0.3, -0.25) is 0 Å². The summed E-state index contributed by atoms with van der Waals surface area (Å²) in [7, 11) is 0. The molecule has 132 valence electrons. The lowest BCUT2D eigenvalue weighted by Gasteiger charge is -2.06. The first kappa shape index (κ1) is 20.0. The molecule has 0 aromatic carbocycles. The zero-order valence-electron chi connectivity index (χ0n) is 14.8. The van der Waals surface area contributed by atoms with Gasteiger partial charge in [-0.25, -0.2) is 4.79 Å². The second kappa shape index (κ2) is 13.4. The van der Waals surface area contributed by atoms with Crippen LogP contribution in [0.4, 0.5) is 0 Å². The molecule has 0 aromatic heterocycles. The Morgan fingerprint density at radius 3 is 2.09 bits per heavy atom. The number of unbranched alkanes of at least 4 members (excludes halogenated alkanes) is 10. The number of rotatable bonds is 14. The van der Waals surface area contributed by atoms with Crippen molar-refractivity contribution in [1.29, 1.82) is 0 Å². The Kier molecular flexibility index (Phi) is 11.6. The van der Waals surface area contributed by atoms with Crippen LogP contribution in [0, 0.1) is 0 Å². The number of ether oxygens (including phenoxy) is 1. The lowest BCUT2D eigenvalue weighted by Crippen LogP contribution is -2.09. The fourth-order valence-electron chi connectivity index (χ4n) is 2.86. The molecule has 3 nitrogen and oxygen atoms in total. The van der Waals surface area contributed by atoms with Crippen molar-refractivity contribution in [3.05, 3.63) is 23.8 Å². The number of carbonyl (C=O) groups excluding carboxylic acids is 1. The van der Waals surface area contributed by atoms with Crippen molar-refractivity contribution in [2.24, 2.45) is 0 Å². The van der Waals surface area contributed by atoms with Gasteiger partial charge in [0, 0.05) is 11.6 Å². The van der Waals surface area contributed by atoms with E-state index in [2.05, 4.69) is 23.8 Å². The van der Waals surface area contributed by atoms with Gasteiger partial charge in [-0.15, -0.1) is 0 Å². The number of aliphatic hydroxyl groups is 1. The van der Waals surface area contributed by atoms with Crippen LogP contribution in [0.5, 0.6) is 0 Å². The molecular formula is C20H34O3. The molecule has 23 heavy (non-hydrogen) atoms. The molecule has 1 aliphatic heterocycles. The van der Waals surface area contributed by atoms with Crippen LogP contribution >= 0.6 is 0 Å². The average molecular weight is 322 g/mol. The van der Waals surface area contributed by atoms with E-state index in [1.807, 2.05) is 0 Å². The van der Waals surface area contributed by atoms with Crippen molar-refractivity contribution in [1.82, 2.24) is 0 Å². The highest BCUT2D eigenvalue weighted by Crippen LogP contribution is 2.20. The molecule has 0 amide bonds. The SMILES string of the molecule is CCCCCCCC/C=C\CCCCCCC1=CC(=O)OC1O. The van der Waals surface area contributed by atoms with E-state index in [9.17, 15) is 9.90 Å². The minimum absolute atomic E-state index is 0.414. The summed E-state index contributed by atoms with van der Waals surface area (Å²) in [4.78, 5) is 10.9. The van der Waals surface area contributed by atoms with Crippen LogP contribution in [0.2, 0.25) is 0 Å². The molecule has 1 heterocycles. The molecule has 0 radical (unpaired) electrons. The fourth-order valence-corrected chi connectivity index (χ4v) is 2.86. The minimum atomic E-state index is -0.993. The fraction of sp³-hybridized carbons (Fsp3) is 0.750. The highest BCUT2D eigenvalue weighted by atomic mass is 16.6. The van der Waals surface area contributed by atoms with Gasteiger partial charge in [-0.05, 0) is 38.5 Å². The van der Waals surface area contributed by atoms with E-state index < -0.39 is 12.3 Å². The first-order chi connectivity index (χ1) is 11.2. The topological polar surface area (TPSA) is 46.5 Å².